The van der Waals surface area contributed by atoms with Crippen LogP contribution >= 0.6 is 0 Å². The van der Waals surface area contributed by atoms with E-state index in [0.717, 1.165) is 77.2 Å². The zero-order valence-corrected chi connectivity index (χ0v) is 32.8. The highest BCUT2D eigenvalue weighted by Crippen LogP contribution is 2.42. The van der Waals surface area contributed by atoms with Gasteiger partial charge in [0.15, 0.2) is 0 Å². The molecule has 4 nitrogen and oxygen atoms in total. The fourth-order valence-corrected chi connectivity index (χ4v) is 9.09. The number of rotatable bonds is 5. The SMILES string of the molecule is Cc1ccc(-c2ccc3c4ccccc4n(-c4cc(-c5cccc(C#N)c5)c(-n5c6ccccc6c6ccc(-c7ccc(C)cc7C)cc65)cc4C#N)c3c2)c(C)c1. The van der Waals surface area contributed by atoms with Crippen molar-refractivity contribution in [2.75, 3.05) is 0 Å². The Morgan fingerprint density at radius 2 is 0.897 bits per heavy atom. The Labute approximate surface area is 337 Å². The standard InChI is InChI=1S/C54H38N4/c1-33-16-20-42(35(3)24-33)39-18-22-46-44-12-5-7-14-49(44)57(52(46)27-39)51-30-48(38-11-9-10-37(26-38)31-55)54(29-41(51)32-56)58-50-15-8-6-13-45(50)47-23-19-40(28-53(47)58)43-21-17-34(2)25-36(43)4/h5-30H,1-4H3. The first-order valence-electron chi connectivity index (χ1n) is 19.6. The molecule has 0 aliphatic heterocycles. The zero-order chi connectivity index (χ0) is 39.7. The number of hydrogen-bond acceptors (Lipinski definition) is 2. The van der Waals surface area contributed by atoms with Gasteiger partial charge in [-0.3, -0.25) is 0 Å². The van der Waals surface area contributed by atoms with Crippen LogP contribution in [0.5, 0.6) is 0 Å². The average molecular weight is 743 g/mol. The Kier molecular flexibility index (Phi) is 8.11. The van der Waals surface area contributed by atoms with Crippen molar-refractivity contribution >= 4 is 43.6 Å². The summed E-state index contributed by atoms with van der Waals surface area (Å²) in [5, 5.41) is 25.8. The van der Waals surface area contributed by atoms with E-state index < -0.39 is 0 Å². The second kappa shape index (κ2) is 13.5. The molecule has 10 aromatic rings. The molecule has 2 aromatic heterocycles. The van der Waals surface area contributed by atoms with Crippen LogP contribution in [0.2, 0.25) is 0 Å². The molecule has 0 saturated heterocycles. The third-order valence-electron chi connectivity index (χ3n) is 11.8. The van der Waals surface area contributed by atoms with Crippen molar-refractivity contribution in [3.8, 4) is 56.9 Å². The van der Waals surface area contributed by atoms with Gasteiger partial charge in [-0.25, -0.2) is 0 Å². The van der Waals surface area contributed by atoms with Gasteiger partial charge in [0.1, 0.15) is 6.07 Å². The van der Waals surface area contributed by atoms with E-state index in [1.807, 2.05) is 24.3 Å². The largest absolute Gasteiger partial charge is 0.309 e. The average Bonchev–Trinajstić information content (AvgIpc) is 3.75. The summed E-state index contributed by atoms with van der Waals surface area (Å²) in [6.45, 7) is 8.58. The summed E-state index contributed by atoms with van der Waals surface area (Å²) >= 11 is 0. The van der Waals surface area contributed by atoms with E-state index in [1.165, 1.54) is 33.4 Å². The molecule has 8 aromatic carbocycles. The monoisotopic (exact) mass is 742 g/mol. The number of aryl methyl sites for hydroxylation is 4. The molecule has 0 amide bonds. The minimum atomic E-state index is 0.547. The second-order valence-electron chi connectivity index (χ2n) is 15.5. The van der Waals surface area contributed by atoms with Crippen LogP contribution in [0.1, 0.15) is 33.4 Å². The van der Waals surface area contributed by atoms with Crippen LogP contribution in [-0.4, -0.2) is 9.13 Å². The molecule has 58 heavy (non-hydrogen) atoms. The molecule has 10 rings (SSSR count). The van der Waals surface area contributed by atoms with Crippen LogP contribution < -0.4 is 0 Å². The number of nitriles is 2. The molecule has 0 unspecified atom stereocenters. The molecule has 4 heteroatoms. The fraction of sp³-hybridized carbons (Fsp3) is 0.0741. The van der Waals surface area contributed by atoms with Gasteiger partial charge in [0, 0.05) is 27.1 Å². The van der Waals surface area contributed by atoms with Gasteiger partial charge in [-0.1, -0.05) is 120 Å². The van der Waals surface area contributed by atoms with E-state index in [1.54, 1.807) is 0 Å². The summed E-state index contributed by atoms with van der Waals surface area (Å²) in [4.78, 5) is 0. The van der Waals surface area contributed by atoms with Crippen molar-refractivity contribution in [1.82, 2.24) is 9.13 Å². The topological polar surface area (TPSA) is 57.4 Å². The molecule has 0 aliphatic rings. The third kappa shape index (κ3) is 5.50. The van der Waals surface area contributed by atoms with Crippen LogP contribution in [0.15, 0.2) is 158 Å². The van der Waals surface area contributed by atoms with Gasteiger partial charge in [-0.05, 0) is 115 Å². The molecule has 274 valence electrons. The highest BCUT2D eigenvalue weighted by molar-refractivity contribution is 6.12. The molecular formula is C54H38N4. The summed E-state index contributed by atoms with van der Waals surface area (Å²) < 4.78 is 4.56. The highest BCUT2D eigenvalue weighted by Gasteiger charge is 2.23. The lowest BCUT2D eigenvalue weighted by Gasteiger charge is -2.19. The van der Waals surface area contributed by atoms with Gasteiger partial charge in [0.25, 0.3) is 0 Å². The molecule has 0 radical (unpaired) electrons. The predicted octanol–water partition coefficient (Wildman–Crippen LogP) is 13.9. The Bertz CT molecular complexity index is 3410. The number of para-hydroxylation sites is 2. The van der Waals surface area contributed by atoms with Crippen molar-refractivity contribution < 1.29 is 0 Å². The minimum Gasteiger partial charge on any atom is -0.309 e. The van der Waals surface area contributed by atoms with Crippen molar-refractivity contribution in [2.24, 2.45) is 0 Å². The number of fused-ring (bicyclic) bond motifs is 6. The zero-order valence-electron chi connectivity index (χ0n) is 32.8. The molecular weight excluding hydrogens is 705 g/mol. The molecule has 2 heterocycles. The van der Waals surface area contributed by atoms with Crippen LogP contribution in [0.4, 0.5) is 0 Å². The van der Waals surface area contributed by atoms with Gasteiger partial charge in [0.2, 0.25) is 0 Å². The van der Waals surface area contributed by atoms with E-state index in [0.29, 0.717) is 11.1 Å². The van der Waals surface area contributed by atoms with Crippen molar-refractivity contribution in [3.05, 3.63) is 191 Å². The van der Waals surface area contributed by atoms with E-state index in [4.69, 9.17) is 0 Å². The Balaban J connectivity index is 1.31. The second-order valence-corrected chi connectivity index (χ2v) is 15.5. The smallest absolute Gasteiger partial charge is 0.101 e. The fourth-order valence-electron chi connectivity index (χ4n) is 9.09. The first-order chi connectivity index (χ1) is 28.3. The number of benzene rings is 8. The summed E-state index contributed by atoms with van der Waals surface area (Å²) in [7, 11) is 0. The Morgan fingerprint density at radius 1 is 0.379 bits per heavy atom. The third-order valence-corrected chi connectivity index (χ3v) is 11.8. The molecule has 0 fully saturated rings. The van der Waals surface area contributed by atoms with Gasteiger partial charge in [-0.15, -0.1) is 0 Å². The van der Waals surface area contributed by atoms with Gasteiger partial charge in [0.05, 0.1) is 50.6 Å². The van der Waals surface area contributed by atoms with E-state index in [-0.39, 0.29) is 0 Å². The molecule has 0 spiro atoms. The maximum absolute atomic E-state index is 11.2. The first-order valence-corrected chi connectivity index (χ1v) is 19.6. The van der Waals surface area contributed by atoms with Crippen molar-refractivity contribution in [3.63, 3.8) is 0 Å². The molecule has 0 N–H and O–H groups in total. The summed E-state index contributed by atoms with van der Waals surface area (Å²) in [6, 6.07) is 60.5. The predicted molar refractivity (Wildman–Crippen MR) is 240 cm³/mol. The lowest BCUT2D eigenvalue weighted by molar-refractivity contribution is 1.14. The summed E-state index contributed by atoms with van der Waals surface area (Å²) in [5.41, 5.74) is 18.2. The van der Waals surface area contributed by atoms with Crippen molar-refractivity contribution in [1.29, 1.82) is 10.5 Å². The Hall–Kier alpha value is -7.66. The maximum atomic E-state index is 11.2. The van der Waals surface area contributed by atoms with Crippen LogP contribution in [-0.2, 0) is 0 Å². The lowest BCUT2D eigenvalue weighted by Crippen LogP contribution is -2.04. The molecule has 0 aliphatic carbocycles. The number of hydrogen-bond donors (Lipinski definition) is 0. The number of aromatic nitrogens is 2. The molecule has 0 bridgehead atoms. The lowest BCUT2D eigenvalue weighted by atomic mass is 9.96. The molecule has 0 saturated carbocycles. The van der Waals surface area contributed by atoms with Gasteiger partial charge < -0.3 is 9.13 Å². The van der Waals surface area contributed by atoms with Crippen LogP contribution in [0, 0.1) is 50.4 Å². The molecule has 0 atom stereocenters. The highest BCUT2D eigenvalue weighted by atomic mass is 15.0. The summed E-state index contributed by atoms with van der Waals surface area (Å²) in [5.74, 6) is 0. The maximum Gasteiger partial charge on any atom is 0.101 e. The summed E-state index contributed by atoms with van der Waals surface area (Å²) in [6.07, 6.45) is 0. The van der Waals surface area contributed by atoms with Crippen molar-refractivity contribution in [2.45, 2.75) is 27.7 Å². The van der Waals surface area contributed by atoms with E-state index in [9.17, 15) is 10.5 Å². The quantitative estimate of drug-likeness (QED) is 0.176. The van der Waals surface area contributed by atoms with Gasteiger partial charge >= 0.3 is 0 Å². The van der Waals surface area contributed by atoms with Crippen LogP contribution in [0.25, 0.3) is 88.4 Å². The van der Waals surface area contributed by atoms with Gasteiger partial charge in [-0.2, -0.15) is 10.5 Å². The number of nitrogens with zero attached hydrogens (tertiary/aromatic N) is 4. The van der Waals surface area contributed by atoms with E-state index in [2.05, 4.69) is 182 Å². The van der Waals surface area contributed by atoms with Crippen LogP contribution in [0.3, 0.4) is 0 Å². The van der Waals surface area contributed by atoms with E-state index >= 15 is 0 Å². The normalized spacial score (nSPS) is 11.4. The minimum absolute atomic E-state index is 0.547. The Morgan fingerprint density at radius 3 is 1.43 bits per heavy atom. The first kappa shape index (κ1) is 34.8.